The number of nitrogens with one attached hydrogen (secondary N) is 1. The normalized spacial score (nSPS) is 11.9. The fraction of sp³-hybridized carbons (Fsp3) is 0.278. The summed E-state index contributed by atoms with van der Waals surface area (Å²) in [6.45, 7) is 2.11. The van der Waals surface area contributed by atoms with Crippen molar-refractivity contribution in [2.75, 3.05) is 11.9 Å². The monoisotopic (exact) mass is 389 g/mol. The van der Waals surface area contributed by atoms with Crippen molar-refractivity contribution in [3.05, 3.63) is 58.0 Å². The number of carbonyl (C=O) groups excluding carboxylic acids is 2. The Morgan fingerprint density at radius 3 is 2.81 bits per heavy atom. The molecule has 136 valence electrons. The largest absolute Gasteiger partial charge is 0.466 e. The van der Waals surface area contributed by atoms with Gasteiger partial charge in [0.25, 0.3) is 0 Å². The van der Waals surface area contributed by atoms with Crippen LogP contribution < -0.4 is 5.32 Å². The van der Waals surface area contributed by atoms with Gasteiger partial charge in [0, 0.05) is 17.8 Å². The number of thiophene rings is 1. The van der Waals surface area contributed by atoms with Crippen LogP contribution in [0.3, 0.4) is 0 Å². The van der Waals surface area contributed by atoms with Gasteiger partial charge in [-0.05, 0) is 41.4 Å². The lowest BCUT2D eigenvalue weighted by Crippen LogP contribution is -2.19. The van der Waals surface area contributed by atoms with Crippen molar-refractivity contribution in [3.63, 3.8) is 0 Å². The highest BCUT2D eigenvalue weighted by Gasteiger charge is 2.19. The molecule has 8 heteroatoms. The molecule has 3 heterocycles. The second kappa shape index (κ2) is 8.77. The molecular formula is C18H19N3O3S2. The average molecular weight is 390 g/mol. The number of thiazole rings is 1. The van der Waals surface area contributed by atoms with Crippen LogP contribution in [-0.4, -0.2) is 28.0 Å². The summed E-state index contributed by atoms with van der Waals surface area (Å²) in [5.74, 6) is -0.437. The number of esters is 1. The van der Waals surface area contributed by atoms with E-state index in [9.17, 15) is 9.59 Å². The first-order chi connectivity index (χ1) is 12.7. The van der Waals surface area contributed by atoms with E-state index in [1.165, 1.54) is 11.3 Å². The molecule has 1 N–H and O–H groups in total. The van der Waals surface area contributed by atoms with Crippen molar-refractivity contribution in [1.82, 2.24) is 9.55 Å². The summed E-state index contributed by atoms with van der Waals surface area (Å²) in [6, 6.07) is 5.86. The van der Waals surface area contributed by atoms with Crippen LogP contribution in [0.2, 0.25) is 0 Å². The number of ether oxygens (including phenoxy) is 1. The standard InChI is InChI=1S/C18H19N3O3S2/c1-2-24-17(23)9-14-12-26-18(19-14)20-16(22)10-15(13-5-8-25-11-13)21-6-3-4-7-21/h3-8,11-12,15H,2,9-10H2,1H3,(H,19,20,22). The van der Waals surface area contributed by atoms with Crippen molar-refractivity contribution >= 4 is 39.7 Å². The summed E-state index contributed by atoms with van der Waals surface area (Å²) in [4.78, 5) is 28.3. The molecular weight excluding hydrogens is 370 g/mol. The highest BCUT2D eigenvalue weighted by Crippen LogP contribution is 2.25. The van der Waals surface area contributed by atoms with E-state index in [0.29, 0.717) is 23.9 Å². The third-order valence-corrected chi connectivity index (χ3v) is 5.23. The number of carbonyl (C=O) groups is 2. The number of hydrogen-bond acceptors (Lipinski definition) is 6. The molecule has 0 radical (unpaired) electrons. The van der Waals surface area contributed by atoms with E-state index in [2.05, 4.69) is 15.7 Å². The molecule has 0 aromatic carbocycles. The Morgan fingerprint density at radius 2 is 2.12 bits per heavy atom. The van der Waals surface area contributed by atoms with Crippen LogP contribution >= 0.6 is 22.7 Å². The highest BCUT2D eigenvalue weighted by atomic mass is 32.1. The molecule has 0 spiro atoms. The van der Waals surface area contributed by atoms with Gasteiger partial charge in [-0.1, -0.05) is 0 Å². The number of anilines is 1. The van der Waals surface area contributed by atoms with Gasteiger partial charge in [0.1, 0.15) is 0 Å². The average Bonchev–Trinajstić information content (AvgIpc) is 3.36. The molecule has 0 aliphatic rings. The molecule has 0 saturated carbocycles. The van der Waals surface area contributed by atoms with Gasteiger partial charge in [-0.25, -0.2) is 4.98 Å². The predicted molar refractivity (Wildman–Crippen MR) is 103 cm³/mol. The highest BCUT2D eigenvalue weighted by molar-refractivity contribution is 7.14. The molecule has 3 aromatic rings. The molecule has 1 unspecified atom stereocenters. The van der Waals surface area contributed by atoms with Crippen LogP contribution in [-0.2, 0) is 20.7 Å². The molecule has 0 saturated heterocycles. The van der Waals surface area contributed by atoms with Crippen LogP contribution in [0.1, 0.15) is 30.6 Å². The second-order valence-electron chi connectivity index (χ2n) is 5.58. The minimum atomic E-state index is -0.319. The Bertz CT molecular complexity index is 807. The Labute approximate surface area is 159 Å². The lowest BCUT2D eigenvalue weighted by molar-refractivity contribution is -0.142. The first kappa shape index (κ1) is 18.3. The molecule has 3 rings (SSSR count). The van der Waals surface area contributed by atoms with Gasteiger partial charge in [0.2, 0.25) is 5.91 Å². The van der Waals surface area contributed by atoms with E-state index in [1.807, 2.05) is 40.5 Å². The maximum absolute atomic E-state index is 12.5. The summed E-state index contributed by atoms with van der Waals surface area (Å²) in [5.41, 5.74) is 1.70. The SMILES string of the molecule is CCOC(=O)Cc1csc(NC(=O)CC(c2ccsc2)n2cccc2)n1. The third kappa shape index (κ3) is 4.80. The maximum Gasteiger partial charge on any atom is 0.311 e. The lowest BCUT2D eigenvalue weighted by atomic mass is 10.1. The van der Waals surface area contributed by atoms with E-state index < -0.39 is 0 Å². The fourth-order valence-electron chi connectivity index (χ4n) is 2.57. The van der Waals surface area contributed by atoms with E-state index in [-0.39, 0.29) is 24.3 Å². The van der Waals surface area contributed by atoms with E-state index in [1.54, 1.807) is 23.6 Å². The Morgan fingerprint density at radius 1 is 1.31 bits per heavy atom. The van der Waals surface area contributed by atoms with Crippen LogP contribution in [0, 0.1) is 0 Å². The quantitative estimate of drug-likeness (QED) is 0.596. The number of aromatic nitrogens is 2. The molecule has 3 aromatic heterocycles. The molecule has 1 amide bonds. The smallest absolute Gasteiger partial charge is 0.311 e. The van der Waals surface area contributed by atoms with E-state index >= 15 is 0 Å². The minimum Gasteiger partial charge on any atom is -0.466 e. The van der Waals surface area contributed by atoms with Gasteiger partial charge < -0.3 is 14.6 Å². The number of hydrogen-bond donors (Lipinski definition) is 1. The Kier molecular flexibility index (Phi) is 6.19. The van der Waals surface area contributed by atoms with Crippen LogP contribution in [0.4, 0.5) is 5.13 Å². The molecule has 0 fully saturated rings. The lowest BCUT2D eigenvalue weighted by Gasteiger charge is -2.17. The Hall–Kier alpha value is -2.45. The minimum absolute atomic E-state index is 0.0600. The van der Waals surface area contributed by atoms with E-state index in [4.69, 9.17) is 4.74 Å². The first-order valence-electron chi connectivity index (χ1n) is 8.20. The zero-order chi connectivity index (χ0) is 18.4. The Balaban J connectivity index is 1.62. The molecule has 0 aliphatic heterocycles. The topological polar surface area (TPSA) is 73.2 Å². The van der Waals surface area contributed by atoms with Gasteiger partial charge in [0.05, 0.1) is 31.2 Å². The zero-order valence-corrected chi connectivity index (χ0v) is 15.9. The molecule has 26 heavy (non-hydrogen) atoms. The summed E-state index contributed by atoms with van der Waals surface area (Å²) in [5, 5.41) is 9.14. The van der Waals surface area contributed by atoms with Gasteiger partial charge >= 0.3 is 5.97 Å². The fourth-order valence-corrected chi connectivity index (χ4v) is 4.00. The molecule has 0 aliphatic carbocycles. The third-order valence-electron chi connectivity index (χ3n) is 3.72. The van der Waals surface area contributed by atoms with Crippen LogP contribution in [0.5, 0.6) is 0 Å². The van der Waals surface area contributed by atoms with Crippen LogP contribution in [0.25, 0.3) is 0 Å². The van der Waals surface area contributed by atoms with Crippen LogP contribution in [0.15, 0.2) is 46.7 Å². The van der Waals surface area contributed by atoms with Gasteiger partial charge in [-0.3, -0.25) is 9.59 Å². The summed E-state index contributed by atoms with van der Waals surface area (Å²) in [6.07, 6.45) is 4.33. The maximum atomic E-state index is 12.5. The van der Waals surface area contributed by atoms with Crippen molar-refractivity contribution in [2.24, 2.45) is 0 Å². The number of rotatable bonds is 8. The summed E-state index contributed by atoms with van der Waals surface area (Å²) < 4.78 is 6.93. The van der Waals surface area contributed by atoms with Gasteiger partial charge in [0.15, 0.2) is 5.13 Å². The predicted octanol–water partition coefficient (Wildman–Crippen LogP) is 3.73. The summed E-state index contributed by atoms with van der Waals surface area (Å²) in [7, 11) is 0. The summed E-state index contributed by atoms with van der Waals surface area (Å²) >= 11 is 2.91. The first-order valence-corrected chi connectivity index (χ1v) is 10.0. The van der Waals surface area contributed by atoms with Crippen molar-refractivity contribution in [1.29, 1.82) is 0 Å². The number of nitrogens with zero attached hydrogens (tertiary/aromatic N) is 2. The second-order valence-corrected chi connectivity index (χ2v) is 7.22. The van der Waals surface area contributed by atoms with Crippen molar-refractivity contribution in [2.45, 2.75) is 25.8 Å². The molecule has 1 atom stereocenters. The zero-order valence-electron chi connectivity index (χ0n) is 14.3. The van der Waals surface area contributed by atoms with E-state index in [0.717, 1.165) is 5.56 Å². The number of amides is 1. The van der Waals surface area contributed by atoms with Gasteiger partial charge in [-0.2, -0.15) is 11.3 Å². The van der Waals surface area contributed by atoms with Crippen molar-refractivity contribution < 1.29 is 14.3 Å². The van der Waals surface area contributed by atoms with Gasteiger partial charge in [-0.15, -0.1) is 11.3 Å². The van der Waals surface area contributed by atoms with Crippen molar-refractivity contribution in [3.8, 4) is 0 Å². The molecule has 6 nitrogen and oxygen atoms in total. The molecule has 0 bridgehead atoms.